The molecule has 0 spiro atoms. The highest BCUT2D eigenvalue weighted by molar-refractivity contribution is 5.93. The SMILES string of the molecule is COc1ccc(/C=C/C(=O)NNC(=O)CN2CCCc3ccccc32)cc1OC. The van der Waals surface area contributed by atoms with Gasteiger partial charge in [-0.1, -0.05) is 24.3 Å². The Labute approximate surface area is 170 Å². The molecule has 2 aromatic carbocycles. The summed E-state index contributed by atoms with van der Waals surface area (Å²) in [6.45, 7) is 1.01. The highest BCUT2D eigenvalue weighted by atomic mass is 16.5. The predicted octanol–water partition coefficient (Wildman–Crippen LogP) is 2.32. The maximum atomic E-state index is 12.2. The number of ether oxygens (including phenoxy) is 2. The van der Waals surface area contributed by atoms with Crippen molar-refractivity contribution in [3.05, 3.63) is 59.7 Å². The first-order valence-electron chi connectivity index (χ1n) is 9.42. The van der Waals surface area contributed by atoms with Gasteiger partial charge >= 0.3 is 0 Å². The molecule has 3 rings (SSSR count). The van der Waals surface area contributed by atoms with E-state index in [1.165, 1.54) is 11.6 Å². The van der Waals surface area contributed by atoms with Gasteiger partial charge in [-0.2, -0.15) is 0 Å². The smallest absolute Gasteiger partial charge is 0.262 e. The number of hydrogen-bond donors (Lipinski definition) is 2. The summed E-state index contributed by atoms with van der Waals surface area (Å²) in [5, 5.41) is 0. The Hall–Kier alpha value is -3.48. The minimum absolute atomic E-state index is 0.191. The minimum Gasteiger partial charge on any atom is -0.493 e. The molecular formula is C22H25N3O4. The van der Waals surface area contributed by atoms with Crippen molar-refractivity contribution in [2.75, 3.05) is 32.2 Å². The van der Waals surface area contributed by atoms with E-state index in [4.69, 9.17) is 9.47 Å². The van der Waals surface area contributed by atoms with E-state index in [-0.39, 0.29) is 12.5 Å². The number of carbonyl (C=O) groups is 2. The molecule has 2 amide bonds. The number of nitrogens with zero attached hydrogens (tertiary/aromatic N) is 1. The van der Waals surface area contributed by atoms with Crippen LogP contribution in [-0.2, 0) is 16.0 Å². The fourth-order valence-corrected chi connectivity index (χ4v) is 3.29. The van der Waals surface area contributed by atoms with Crippen LogP contribution in [0.1, 0.15) is 17.5 Å². The van der Waals surface area contributed by atoms with Crippen molar-refractivity contribution in [1.29, 1.82) is 0 Å². The van der Waals surface area contributed by atoms with Crippen LogP contribution in [0.5, 0.6) is 11.5 Å². The maximum absolute atomic E-state index is 12.2. The molecule has 0 aromatic heterocycles. The standard InChI is InChI=1S/C22H25N3O4/c1-28-19-11-9-16(14-20(19)29-2)10-12-21(26)23-24-22(27)15-25-13-5-7-17-6-3-4-8-18(17)25/h3-4,6,8-12,14H,5,7,13,15H2,1-2H3,(H,23,26)(H,24,27)/b12-10+. The van der Waals surface area contributed by atoms with Gasteiger partial charge < -0.3 is 14.4 Å². The molecule has 0 bridgehead atoms. The summed E-state index contributed by atoms with van der Waals surface area (Å²) >= 11 is 0. The second-order valence-corrected chi connectivity index (χ2v) is 6.64. The summed E-state index contributed by atoms with van der Waals surface area (Å²) in [5.74, 6) is 0.493. The second-order valence-electron chi connectivity index (χ2n) is 6.64. The van der Waals surface area contributed by atoms with E-state index in [1.807, 2.05) is 23.1 Å². The number of benzene rings is 2. The Morgan fingerprint density at radius 3 is 2.66 bits per heavy atom. The number of methoxy groups -OCH3 is 2. The van der Waals surface area contributed by atoms with Crippen LogP contribution >= 0.6 is 0 Å². The van der Waals surface area contributed by atoms with Crippen LogP contribution in [0.2, 0.25) is 0 Å². The van der Waals surface area contributed by atoms with Gasteiger partial charge in [0.25, 0.3) is 11.8 Å². The van der Waals surface area contributed by atoms with Gasteiger partial charge in [-0.25, -0.2) is 0 Å². The summed E-state index contributed by atoms with van der Waals surface area (Å²) < 4.78 is 10.4. The van der Waals surface area contributed by atoms with Crippen molar-refractivity contribution in [2.45, 2.75) is 12.8 Å². The van der Waals surface area contributed by atoms with Gasteiger partial charge in [0.15, 0.2) is 11.5 Å². The number of anilines is 1. The van der Waals surface area contributed by atoms with Gasteiger partial charge in [0.1, 0.15) is 0 Å². The second kappa shape index (κ2) is 9.64. The van der Waals surface area contributed by atoms with Gasteiger partial charge in [0.05, 0.1) is 20.8 Å². The Morgan fingerprint density at radius 2 is 1.86 bits per heavy atom. The predicted molar refractivity (Wildman–Crippen MR) is 112 cm³/mol. The average molecular weight is 395 g/mol. The van der Waals surface area contributed by atoms with Gasteiger partial charge in [0, 0.05) is 18.3 Å². The molecule has 0 atom stereocenters. The van der Waals surface area contributed by atoms with Crippen LogP contribution in [0.15, 0.2) is 48.5 Å². The van der Waals surface area contributed by atoms with Crippen LogP contribution in [-0.4, -0.2) is 39.1 Å². The number of hydrazine groups is 1. The van der Waals surface area contributed by atoms with E-state index in [1.54, 1.807) is 38.5 Å². The van der Waals surface area contributed by atoms with Crippen molar-refractivity contribution in [3.8, 4) is 11.5 Å². The molecule has 29 heavy (non-hydrogen) atoms. The molecule has 1 heterocycles. The summed E-state index contributed by atoms with van der Waals surface area (Å²) in [6, 6.07) is 13.4. The third-order valence-electron chi connectivity index (χ3n) is 4.70. The number of aryl methyl sites for hydroxylation is 1. The zero-order chi connectivity index (χ0) is 20.6. The first-order valence-corrected chi connectivity index (χ1v) is 9.42. The van der Waals surface area contributed by atoms with Crippen LogP contribution in [0.4, 0.5) is 5.69 Å². The van der Waals surface area contributed by atoms with Gasteiger partial charge in [-0.3, -0.25) is 20.4 Å². The van der Waals surface area contributed by atoms with Crippen LogP contribution in [0.25, 0.3) is 6.08 Å². The maximum Gasteiger partial charge on any atom is 0.262 e. The van der Waals surface area contributed by atoms with Crippen LogP contribution in [0.3, 0.4) is 0 Å². The number of hydrogen-bond acceptors (Lipinski definition) is 5. The first kappa shape index (κ1) is 20.3. The quantitative estimate of drug-likeness (QED) is 0.580. The Balaban J connectivity index is 1.51. The van der Waals surface area contributed by atoms with Crippen molar-refractivity contribution >= 4 is 23.6 Å². The zero-order valence-electron chi connectivity index (χ0n) is 16.6. The Kier molecular flexibility index (Phi) is 6.73. The molecule has 0 unspecified atom stereocenters. The highest BCUT2D eigenvalue weighted by Crippen LogP contribution is 2.28. The number of carbonyl (C=O) groups excluding carboxylic acids is 2. The fourth-order valence-electron chi connectivity index (χ4n) is 3.29. The van der Waals surface area contributed by atoms with E-state index in [9.17, 15) is 9.59 Å². The van der Waals surface area contributed by atoms with E-state index in [2.05, 4.69) is 16.9 Å². The third-order valence-corrected chi connectivity index (χ3v) is 4.70. The molecule has 0 fully saturated rings. The summed E-state index contributed by atoms with van der Waals surface area (Å²) in [6.07, 6.45) is 5.00. The van der Waals surface area contributed by atoms with Gasteiger partial charge in [0.2, 0.25) is 0 Å². The van der Waals surface area contributed by atoms with Crippen molar-refractivity contribution in [2.24, 2.45) is 0 Å². The number of para-hydroxylation sites is 1. The van der Waals surface area contributed by atoms with E-state index in [0.717, 1.165) is 30.6 Å². The summed E-state index contributed by atoms with van der Waals surface area (Å²) in [4.78, 5) is 26.3. The Morgan fingerprint density at radius 1 is 1.07 bits per heavy atom. The highest BCUT2D eigenvalue weighted by Gasteiger charge is 2.18. The molecule has 0 aliphatic carbocycles. The number of nitrogens with one attached hydrogen (secondary N) is 2. The minimum atomic E-state index is -0.424. The largest absolute Gasteiger partial charge is 0.493 e. The lowest BCUT2D eigenvalue weighted by Gasteiger charge is -2.30. The molecule has 0 saturated carbocycles. The lowest BCUT2D eigenvalue weighted by molar-refractivity contribution is -0.125. The zero-order valence-corrected chi connectivity index (χ0v) is 16.6. The third kappa shape index (κ3) is 5.28. The molecule has 1 aliphatic rings. The Bertz CT molecular complexity index is 911. The number of amides is 2. The first-order chi connectivity index (χ1) is 14.1. The fraction of sp³-hybridized carbons (Fsp3) is 0.273. The lowest BCUT2D eigenvalue weighted by Crippen LogP contribution is -2.47. The van der Waals surface area contributed by atoms with Crippen molar-refractivity contribution in [1.82, 2.24) is 10.9 Å². The molecule has 0 saturated heterocycles. The van der Waals surface area contributed by atoms with Gasteiger partial charge in [-0.05, 0) is 48.2 Å². The van der Waals surface area contributed by atoms with Crippen LogP contribution in [0, 0.1) is 0 Å². The monoisotopic (exact) mass is 395 g/mol. The molecule has 1 aliphatic heterocycles. The average Bonchev–Trinajstić information content (AvgIpc) is 2.76. The van der Waals surface area contributed by atoms with Gasteiger partial charge in [-0.15, -0.1) is 0 Å². The van der Waals surface area contributed by atoms with Crippen molar-refractivity contribution < 1.29 is 19.1 Å². The topological polar surface area (TPSA) is 79.9 Å². The molecule has 7 nitrogen and oxygen atoms in total. The summed E-state index contributed by atoms with van der Waals surface area (Å²) in [7, 11) is 3.11. The van der Waals surface area contributed by atoms with Crippen LogP contribution < -0.4 is 25.2 Å². The number of rotatable bonds is 6. The van der Waals surface area contributed by atoms with E-state index in [0.29, 0.717) is 11.5 Å². The lowest BCUT2D eigenvalue weighted by atomic mass is 10.0. The molecule has 2 aromatic rings. The molecular weight excluding hydrogens is 370 g/mol. The molecule has 152 valence electrons. The summed E-state index contributed by atoms with van der Waals surface area (Å²) in [5.41, 5.74) is 7.96. The molecule has 2 N–H and O–H groups in total. The number of fused-ring (bicyclic) bond motifs is 1. The molecule has 7 heteroatoms. The van der Waals surface area contributed by atoms with E-state index < -0.39 is 5.91 Å². The van der Waals surface area contributed by atoms with Crippen molar-refractivity contribution in [3.63, 3.8) is 0 Å². The molecule has 0 radical (unpaired) electrons. The normalized spacial score (nSPS) is 13.0. The van der Waals surface area contributed by atoms with E-state index >= 15 is 0 Å².